The Morgan fingerprint density at radius 2 is 1.81 bits per heavy atom. The number of aromatic nitrogens is 5. The van der Waals surface area contributed by atoms with Crippen molar-refractivity contribution in [3.63, 3.8) is 0 Å². The smallest absolute Gasteiger partial charge is 0.256 e. The molecule has 9 nitrogen and oxygen atoms in total. The van der Waals surface area contributed by atoms with Crippen LogP contribution in [0, 0.1) is 19.7 Å². The van der Waals surface area contributed by atoms with Gasteiger partial charge in [-0.1, -0.05) is 0 Å². The van der Waals surface area contributed by atoms with Crippen molar-refractivity contribution in [2.24, 2.45) is 0 Å². The van der Waals surface area contributed by atoms with Crippen LogP contribution in [0.4, 0.5) is 21.3 Å². The van der Waals surface area contributed by atoms with Crippen molar-refractivity contribution in [2.45, 2.75) is 44.2 Å². The molecule has 0 aromatic carbocycles. The van der Waals surface area contributed by atoms with E-state index >= 15 is 0 Å². The molecule has 37 heavy (non-hydrogen) atoms. The Kier molecular flexibility index (Phi) is 4.90. The number of aryl methyl sites for hydroxylation is 2. The van der Waals surface area contributed by atoms with E-state index in [-0.39, 0.29) is 17.0 Å². The minimum Gasteiger partial charge on any atom is -0.336 e. The first-order valence-corrected chi connectivity index (χ1v) is 13.7. The highest BCUT2D eigenvalue weighted by atomic mass is 32.1. The summed E-state index contributed by atoms with van der Waals surface area (Å²) in [5.41, 5.74) is 2.00. The molecule has 5 fully saturated rings. The van der Waals surface area contributed by atoms with Gasteiger partial charge in [-0.25, -0.2) is 29.3 Å². The van der Waals surface area contributed by atoms with Gasteiger partial charge in [-0.2, -0.15) is 0 Å². The number of nitrogens with zero attached hydrogens (tertiary/aromatic N) is 7. The third-order valence-corrected chi connectivity index (χ3v) is 9.46. The van der Waals surface area contributed by atoms with Crippen LogP contribution in [0.3, 0.4) is 0 Å². The number of anilines is 3. The van der Waals surface area contributed by atoms with E-state index in [1.165, 1.54) is 23.7 Å². The van der Waals surface area contributed by atoms with Gasteiger partial charge in [0.05, 0.1) is 50.3 Å². The van der Waals surface area contributed by atoms with E-state index in [2.05, 4.69) is 40.0 Å². The number of nitrogens with one attached hydrogen (secondary N) is 1. The van der Waals surface area contributed by atoms with Crippen LogP contribution < -0.4 is 10.2 Å². The molecule has 2 atom stereocenters. The molecule has 1 saturated carbocycles. The summed E-state index contributed by atoms with van der Waals surface area (Å²) in [6, 6.07) is 3.65. The van der Waals surface area contributed by atoms with Crippen LogP contribution >= 0.6 is 22.7 Å². The first-order valence-electron chi connectivity index (χ1n) is 12.0. The number of piperazine rings is 1. The van der Waals surface area contributed by atoms with E-state index in [1.54, 1.807) is 17.5 Å². The van der Waals surface area contributed by atoms with Gasteiger partial charge in [-0.3, -0.25) is 4.79 Å². The molecule has 0 spiro atoms. The predicted octanol–water partition coefficient (Wildman–Crippen LogP) is 4.59. The second kappa shape index (κ2) is 7.99. The number of rotatable bonds is 5. The number of carbonyl (C=O) groups excluding carboxylic acids is 1. The molecule has 4 aliphatic heterocycles. The van der Waals surface area contributed by atoms with E-state index < -0.39 is 5.82 Å². The molecule has 4 aromatic heterocycles. The lowest BCUT2D eigenvalue weighted by atomic mass is 9.72. The van der Waals surface area contributed by atoms with Crippen LogP contribution in [0.2, 0.25) is 0 Å². The average Bonchev–Trinajstić information content (AvgIpc) is 3.61. The van der Waals surface area contributed by atoms with Crippen molar-refractivity contribution in [3.05, 3.63) is 58.2 Å². The maximum Gasteiger partial charge on any atom is 0.256 e. The van der Waals surface area contributed by atoms with Crippen molar-refractivity contribution in [1.82, 2.24) is 29.8 Å². The summed E-state index contributed by atoms with van der Waals surface area (Å²) in [4.78, 5) is 40.8. The second-order valence-electron chi connectivity index (χ2n) is 10.1. The summed E-state index contributed by atoms with van der Waals surface area (Å²) in [6.45, 7) is 5.30. The number of carbonyl (C=O) groups is 1. The molecule has 1 amide bonds. The fraction of sp³-hybridized carbons (Fsp3) is 0.360. The van der Waals surface area contributed by atoms with Gasteiger partial charge in [-0.05, 0) is 45.2 Å². The molecule has 4 aromatic rings. The lowest BCUT2D eigenvalue weighted by Crippen LogP contribution is -2.79. The molecule has 188 valence electrons. The highest BCUT2D eigenvalue weighted by Gasteiger charge is 2.72. The van der Waals surface area contributed by atoms with Gasteiger partial charge in [0.2, 0.25) is 5.95 Å². The Hall–Kier alpha value is -3.51. The van der Waals surface area contributed by atoms with Gasteiger partial charge in [0.25, 0.3) is 5.91 Å². The van der Waals surface area contributed by atoms with E-state index in [0.29, 0.717) is 30.4 Å². The largest absolute Gasteiger partial charge is 0.336 e. The van der Waals surface area contributed by atoms with Gasteiger partial charge in [0, 0.05) is 24.7 Å². The van der Waals surface area contributed by atoms with Crippen LogP contribution in [-0.2, 0) is 0 Å². The lowest BCUT2D eigenvalue weighted by Gasteiger charge is -2.65. The Morgan fingerprint density at radius 3 is 2.46 bits per heavy atom. The normalized spacial score (nSPS) is 23.8. The molecule has 12 heteroatoms. The SMILES string of the molecule is Cc1nc(C)c(-c2csc(Nc3ccc(C(=O)N4C56CC[C@]4(CN(c4ncc(F)cn4)C5)C6)cn3)n2)s1. The molecule has 1 N–H and O–H groups in total. The summed E-state index contributed by atoms with van der Waals surface area (Å²) in [5.74, 6) is 0.715. The van der Waals surface area contributed by atoms with Crippen LogP contribution in [0.25, 0.3) is 10.6 Å². The van der Waals surface area contributed by atoms with E-state index in [1.807, 2.05) is 31.4 Å². The molecule has 1 aliphatic carbocycles. The Morgan fingerprint density at radius 1 is 1.05 bits per heavy atom. The summed E-state index contributed by atoms with van der Waals surface area (Å²) in [7, 11) is 0. The lowest BCUT2D eigenvalue weighted by molar-refractivity contribution is -0.0709. The van der Waals surface area contributed by atoms with E-state index in [0.717, 1.165) is 45.7 Å². The minimum atomic E-state index is -0.451. The van der Waals surface area contributed by atoms with Crippen molar-refractivity contribution in [3.8, 4) is 10.6 Å². The van der Waals surface area contributed by atoms with E-state index in [9.17, 15) is 9.18 Å². The van der Waals surface area contributed by atoms with Crippen molar-refractivity contribution >= 4 is 45.5 Å². The molecule has 2 bridgehead atoms. The monoisotopic (exact) mass is 534 g/mol. The standard InChI is InChI=1S/C25H23FN8OS2/c1-14-20(37-15(2)30-14)18-10-36-23(31-18)32-19-4-3-16(7-27-19)21(35)34-24-5-6-25(34,11-24)13-33(12-24)22-28-8-17(26)9-29-22/h3-4,7-10H,5-6,11-13H2,1-2H3,(H,27,31,32)/t24-,25?/m1/s1. The minimum absolute atomic E-state index is 0.00931. The third-order valence-electron chi connectivity index (χ3n) is 7.61. The predicted molar refractivity (Wildman–Crippen MR) is 140 cm³/mol. The number of hydrogen-bond donors (Lipinski definition) is 1. The number of pyridine rings is 1. The number of thiazole rings is 2. The quantitative estimate of drug-likeness (QED) is 0.397. The molecular formula is C25H23FN8OS2. The Bertz CT molecular complexity index is 1500. The molecule has 4 saturated heterocycles. The zero-order valence-electron chi connectivity index (χ0n) is 20.2. The summed E-state index contributed by atoms with van der Waals surface area (Å²) < 4.78 is 13.3. The van der Waals surface area contributed by atoms with Gasteiger partial charge in [0.15, 0.2) is 10.9 Å². The fourth-order valence-electron chi connectivity index (χ4n) is 6.30. The van der Waals surface area contributed by atoms with Gasteiger partial charge >= 0.3 is 0 Å². The summed E-state index contributed by atoms with van der Waals surface area (Å²) in [5, 5.41) is 7.02. The zero-order valence-corrected chi connectivity index (χ0v) is 21.9. The molecule has 0 radical (unpaired) electrons. The number of halogens is 1. The maximum atomic E-state index is 13.6. The summed E-state index contributed by atoms with van der Waals surface area (Å²) >= 11 is 3.14. The van der Waals surface area contributed by atoms with Gasteiger partial charge < -0.3 is 15.1 Å². The molecule has 9 rings (SSSR count). The number of fused-ring (bicyclic) bond motifs is 3. The molecule has 8 heterocycles. The van der Waals surface area contributed by atoms with Crippen LogP contribution in [0.5, 0.6) is 0 Å². The maximum absolute atomic E-state index is 13.6. The van der Waals surface area contributed by atoms with Crippen LogP contribution in [0.1, 0.15) is 40.3 Å². The average molecular weight is 535 g/mol. The van der Waals surface area contributed by atoms with Crippen molar-refractivity contribution < 1.29 is 9.18 Å². The number of piperidine rings is 1. The van der Waals surface area contributed by atoms with Gasteiger partial charge in [-0.15, -0.1) is 22.7 Å². The highest BCUT2D eigenvalue weighted by Crippen LogP contribution is 2.62. The zero-order chi connectivity index (χ0) is 25.4. The number of amides is 1. The fourth-order valence-corrected chi connectivity index (χ4v) is 7.97. The molecule has 1 unspecified atom stereocenters. The van der Waals surface area contributed by atoms with Crippen molar-refractivity contribution in [1.29, 1.82) is 0 Å². The Balaban J connectivity index is 1.06. The first kappa shape index (κ1) is 22.7. The van der Waals surface area contributed by atoms with Crippen molar-refractivity contribution in [2.75, 3.05) is 23.3 Å². The second-order valence-corrected chi connectivity index (χ2v) is 12.1. The topological polar surface area (TPSA) is 100 Å². The van der Waals surface area contributed by atoms with Crippen LogP contribution in [0.15, 0.2) is 36.1 Å². The van der Waals surface area contributed by atoms with E-state index in [4.69, 9.17) is 0 Å². The first-order chi connectivity index (χ1) is 17.8. The summed E-state index contributed by atoms with van der Waals surface area (Å²) in [6.07, 6.45) is 6.91. The molecular weight excluding hydrogens is 511 g/mol. The van der Waals surface area contributed by atoms with Gasteiger partial charge in [0.1, 0.15) is 5.82 Å². The van der Waals surface area contributed by atoms with Crippen LogP contribution in [-0.4, -0.2) is 59.9 Å². The highest BCUT2D eigenvalue weighted by molar-refractivity contribution is 7.16. The number of hydrogen-bond acceptors (Lipinski definition) is 10. The third kappa shape index (κ3) is 3.53. The molecule has 5 aliphatic rings. The Labute approximate surface area is 220 Å².